The Labute approximate surface area is 239 Å². The number of hydrogen-bond donors (Lipinski definition) is 1. The van der Waals surface area contributed by atoms with E-state index in [4.69, 9.17) is 55.7 Å². The molecule has 0 bridgehead atoms. The van der Waals surface area contributed by atoms with E-state index in [0.717, 1.165) is 0 Å². The van der Waals surface area contributed by atoms with Crippen LogP contribution < -0.4 is 5.32 Å². The standard InChI is InChI=1S/C22H20BrCl4N3O5S/c1-10-13(14(29-35-10)11-5-3-4-6-12(11)24)17(31)28-15-18(32)30-16(20(33)34-9-22(25,26)27)21(2,7-8-23)36-19(15)30/h3-6,15-16,19H,7-9H2,1-2H3,(H,28,31)/t15?,16?,19-,21?/m1/s1. The number of aryl methyl sites for hydroxylation is 1. The first-order chi connectivity index (χ1) is 16.9. The van der Waals surface area contributed by atoms with Gasteiger partial charge in [0.1, 0.15) is 41.1 Å². The maximum Gasteiger partial charge on any atom is 0.330 e. The number of amides is 2. The zero-order chi connectivity index (χ0) is 26.4. The number of hydrogen-bond acceptors (Lipinski definition) is 7. The van der Waals surface area contributed by atoms with Crippen molar-refractivity contribution in [2.24, 2.45) is 0 Å². The van der Waals surface area contributed by atoms with Crippen molar-refractivity contribution in [3.8, 4) is 11.3 Å². The summed E-state index contributed by atoms with van der Waals surface area (Å²) in [6, 6.07) is 5.15. The number of nitrogens with one attached hydrogen (secondary N) is 1. The maximum atomic E-state index is 13.3. The summed E-state index contributed by atoms with van der Waals surface area (Å²) < 4.78 is 8.02. The van der Waals surface area contributed by atoms with E-state index in [9.17, 15) is 14.4 Å². The predicted molar refractivity (Wildman–Crippen MR) is 143 cm³/mol. The topological polar surface area (TPSA) is 102 Å². The molecule has 0 radical (unpaired) electrons. The summed E-state index contributed by atoms with van der Waals surface area (Å²) in [5, 5.41) is 7.29. The highest BCUT2D eigenvalue weighted by atomic mass is 79.9. The lowest BCUT2D eigenvalue weighted by molar-refractivity contribution is -0.163. The van der Waals surface area contributed by atoms with Gasteiger partial charge in [0.25, 0.3) is 5.91 Å². The van der Waals surface area contributed by atoms with E-state index < -0.39 is 50.4 Å². The van der Waals surface area contributed by atoms with Crippen LogP contribution in [0.4, 0.5) is 0 Å². The Morgan fingerprint density at radius 2 is 2.03 bits per heavy atom. The molecule has 4 rings (SSSR count). The van der Waals surface area contributed by atoms with E-state index in [2.05, 4.69) is 26.4 Å². The van der Waals surface area contributed by atoms with Crippen LogP contribution in [0.15, 0.2) is 28.8 Å². The van der Waals surface area contributed by atoms with Crippen LogP contribution in [0.2, 0.25) is 5.02 Å². The van der Waals surface area contributed by atoms with Gasteiger partial charge in [-0.05, 0) is 26.3 Å². The Morgan fingerprint density at radius 3 is 2.67 bits per heavy atom. The third kappa shape index (κ3) is 5.22. The molecule has 36 heavy (non-hydrogen) atoms. The number of carbonyl (C=O) groups is 3. The summed E-state index contributed by atoms with van der Waals surface area (Å²) in [6.45, 7) is 3.02. The molecule has 0 aliphatic carbocycles. The van der Waals surface area contributed by atoms with Crippen molar-refractivity contribution in [1.29, 1.82) is 0 Å². The van der Waals surface area contributed by atoms with Crippen LogP contribution in [-0.4, -0.2) is 65.8 Å². The average Bonchev–Trinajstić information content (AvgIpc) is 3.31. The minimum Gasteiger partial charge on any atom is -0.460 e. The molecule has 4 atom stereocenters. The molecule has 2 aliphatic heterocycles. The van der Waals surface area contributed by atoms with E-state index in [-0.39, 0.29) is 17.0 Å². The second-order valence-electron chi connectivity index (χ2n) is 8.52. The molecular formula is C22H20BrCl4N3O5S. The van der Waals surface area contributed by atoms with E-state index >= 15 is 0 Å². The van der Waals surface area contributed by atoms with E-state index in [1.54, 1.807) is 31.2 Å². The Kier molecular flexibility index (Phi) is 8.15. The minimum atomic E-state index is -1.78. The molecule has 194 valence electrons. The molecule has 3 unspecified atom stereocenters. The number of thioether (sulfide) groups is 1. The smallest absolute Gasteiger partial charge is 0.330 e. The van der Waals surface area contributed by atoms with Gasteiger partial charge in [-0.15, -0.1) is 11.8 Å². The van der Waals surface area contributed by atoms with Crippen LogP contribution in [0.1, 0.15) is 29.5 Å². The highest BCUT2D eigenvalue weighted by molar-refractivity contribution is 9.09. The first-order valence-electron chi connectivity index (χ1n) is 10.7. The van der Waals surface area contributed by atoms with Gasteiger partial charge >= 0.3 is 5.97 Å². The largest absolute Gasteiger partial charge is 0.460 e. The third-order valence-electron chi connectivity index (χ3n) is 6.02. The van der Waals surface area contributed by atoms with Gasteiger partial charge in [0, 0.05) is 15.6 Å². The molecule has 8 nitrogen and oxygen atoms in total. The second kappa shape index (κ2) is 10.5. The van der Waals surface area contributed by atoms with Crippen LogP contribution in [-0.2, 0) is 14.3 Å². The molecule has 14 heteroatoms. The zero-order valence-electron chi connectivity index (χ0n) is 18.9. The van der Waals surface area contributed by atoms with Gasteiger partial charge < -0.3 is 19.5 Å². The lowest BCUT2D eigenvalue weighted by Crippen LogP contribution is -2.70. The zero-order valence-corrected chi connectivity index (χ0v) is 24.3. The molecule has 2 aliphatic rings. The Bertz CT molecular complexity index is 1210. The lowest BCUT2D eigenvalue weighted by Gasteiger charge is -2.44. The third-order valence-corrected chi connectivity index (χ3v) is 8.78. The molecule has 0 saturated carbocycles. The number of nitrogens with zero attached hydrogens (tertiary/aromatic N) is 2. The van der Waals surface area contributed by atoms with Crippen LogP contribution in [0.5, 0.6) is 0 Å². The van der Waals surface area contributed by atoms with Crippen LogP contribution >= 0.6 is 74.1 Å². The highest BCUT2D eigenvalue weighted by Crippen LogP contribution is 2.53. The van der Waals surface area contributed by atoms with E-state index in [1.807, 2.05) is 6.92 Å². The predicted octanol–water partition coefficient (Wildman–Crippen LogP) is 5.14. The number of carbonyl (C=O) groups excluding carboxylic acids is 3. The van der Waals surface area contributed by atoms with Gasteiger partial charge in [0.2, 0.25) is 9.70 Å². The SMILES string of the molecule is Cc1onc(-c2ccccc2Cl)c1C(=O)NC1C(=O)N2C(C(=O)OCC(Cl)(Cl)Cl)C(C)(CCBr)S[C@H]12. The first-order valence-corrected chi connectivity index (χ1v) is 14.2. The quantitative estimate of drug-likeness (QED) is 0.250. The fraction of sp³-hybridized carbons (Fsp3) is 0.455. The molecule has 0 spiro atoms. The molecule has 1 N–H and O–H groups in total. The van der Waals surface area contributed by atoms with Crippen molar-refractivity contribution in [2.75, 3.05) is 11.9 Å². The Balaban J connectivity index is 1.56. The summed E-state index contributed by atoms with van der Waals surface area (Å²) in [6.07, 6.45) is 0.549. The van der Waals surface area contributed by atoms with E-state index in [0.29, 0.717) is 22.3 Å². The van der Waals surface area contributed by atoms with Gasteiger partial charge in [0.05, 0.1) is 5.02 Å². The molecule has 2 amide bonds. The van der Waals surface area contributed by atoms with Gasteiger partial charge in [0.15, 0.2) is 0 Å². The molecule has 2 saturated heterocycles. The van der Waals surface area contributed by atoms with Gasteiger partial charge in [-0.25, -0.2) is 4.79 Å². The fourth-order valence-electron chi connectivity index (χ4n) is 4.32. The second-order valence-corrected chi connectivity index (χ2v) is 13.9. The summed E-state index contributed by atoms with van der Waals surface area (Å²) >= 11 is 28.3. The summed E-state index contributed by atoms with van der Waals surface area (Å²) in [4.78, 5) is 40.9. The average molecular weight is 660 g/mol. The monoisotopic (exact) mass is 657 g/mol. The highest BCUT2D eigenvalue weighted by Gasteiger charge is 2.65. The van der Waals surface area contributed by atoms with Crippen molar-refractivity contribution >= 4 is 91.9 Å². The van der Waals surface area contributed by atoms with Crippen LogP contribution in [0.25, 0.3) is 11.3 Å². The number of alkyl halides is 4. The van der Waals surface area contributed by atoms with Crippen LogP contribution in [0, 0.1) is 6.92 Å². The number of β-lactam (4-membered cyclic amide) rings is 1. The minimum absolute atomic E-state index is 0.180. The number of halogens is 5. The van der Waals surface area contributed by atoms with Gasteiger partial charge in [-0.3, -0.25) is 9.59 Å². The normalized spacial score (nSPS) is 25.4. The van der Waals surface area contributed by atoms with Crippen molar-refractivity contribution in [1.82, 2.24) is 15.4 Å². The summed E-state index contributed by atoms with van der Waals surface area (Å²) in [7, 11) is 0. The number of aromatic nitrogens is 1. The number of esters is 1. The number of fused-ring (bicyclic) bond motifs is 1. The maximum absolute atomic E-state index is 13.3. The number of ether oxygens (including phenoxy) is 1. The number of rotatable bonds is 7. The van der Waals surface area contributed by atoms with Gasteiger partial charge in [-0.2, -0.15) is 0 Å². The van der Waals surface area contributed by atoms with Crippen molar-refractivity contribution in [2.45, 2.75) is 46.3 Å². The Hall–Kier alpha value is -1.17. The van der Waals surface area contributed by atoms with E-state index in [1.165, 1.54) is 16.7 Å². The van der Waals surface area contributed by atoms with Crippen molar-refractivity contribution in [3.63, 3.8) is 0 Å². The molecular weight excluding hydrogens is 640 g/mol. The molecule has 1 aromatic carbocycles. The molecule has 1 aromatic heterocycles. The summed E-state index contributed by atoms with van der Waals surface area (Å²) in [5.74, 6) is -1.34. The fourth-order valence-corrected chi connectivity index (χ4v) is 7.57. The van der Waals surface area contributed by atoms with Crippen molar-refractivity contribution < 1.29 is 23.6 Å². The summed E-state index contributed by atoms with van der Waals surface area (Å²) in [5.41, 5.74) is 0.981. The molecule has 3 heterocycles. The Morgan fingerprint density at radius 1 is 1.33 bits per heavy atom. The molecule has 2 fully saturated rings. The number of benzene rings is 1. The van der Waals surface area contributed by atoms with Crippen LogP contribution in [0.3, 0.4) is 0 Å². The lowest BCUT2D eigenvalue weighted by atomic mass is 9.92. The first kappa shape index (κ1) is 27.9. The van der Waals surface area contributed by atoms with Gasteiger partial charge in [-0.1, -0.05) is 85.7 Å². The molecule has 2 aromatic rings. The van der Waals surface area contributed by atoms with Crippen molar-refractivity contribution in [3.05, 3.63) is 40.6 Å².